The quantitative estimate of drug-likeness (QED) is 0.413. The lowest BCUT2D eigenvalue weighted by molar-refractivity contribution is -0.147. The SMILES string of the molecule is CCOC(=O)C1Cc2cc(NC(=O)C3(CO[Si](C)(C)C(C)(C)C)CCCN3C(=O)O)cc(F)c2C1. The summed E-state index contributed by atoms with van der Waals surface area (Å²) in [6, 6.07) is 2.89. The number of carbonyl (C=O) groups excluding carboxylic acids is 2. The minimum atomic E-state index is -2.27. The smallest absolute Gasteiger partial charge is 0.408 e. The second-order valence-electron chi connectivity index (χ2n) is 11.0. The number of nitrogens with zero attached hydrogens (tertiary/aromatic N) is 1. The van der Waals surface area contributed by atoms with Crippen LogP contribution >= 0.6 is 0 Å². The lowest BCUT2D eigenvalue weighted by Gasteiger charge is -2.41. The second kappa shape index (κ2) is 9.89. The summed E-state index contributed by atoms with van der Waals surface area (Å²) in [7, 11) is -2.27. The fourth-order valence-corrected chi connectivity index (χ4v) is 5.59. The Morgan fingerprint density at radius 3 is 2.54 bits per heavy atom. The van der Waals surface area contributed by atoms with Gasteiger partial charge in [0.1, 0.15) is 11.4 Å². The van der Waals surface area contributed by atoms with Crippen LogP contribution in [-0.2, 0) is 31.6 Å². The molecule has 1 aliphatic carbocycles. The third kappa shape index (κ3) is 5.38. The van der Waals surface area contributed by atoms with Gasteiger partial charge in [-0.15, -0.1) is 0 Å². The van der Waals surface area contributed by atoms with Crippen LogP contribution in [0.25, 0.3) is 0 Å². The third-order valence-electron chi connectivity index (χ3n) is 7.70. The van der Waals surface area contributed by atoms with Crippen LogP contribution < -0.4 is 5.32 Å². The first-order valence-corrected chi connectivity index (χ1v) is 15.1. The highest BCUT2D eigenvalue weighted by molar-refractivity contribution is 6.74. The van der Waals surface area contributed by atoms with E-state index in [9.17, 15) is 23.9 Å². The topological polar surface area (TPSA) is 105 Å². The molecule has 2 aliphatic rings. The van der Waals surface area contributed by atoms with Gasteiger partial charge in [-0.05, 0) is 74.0 Å². The number of ether oxygens (including phenoxy) is 1. The van der Waals surface area contributed by atoms with Gasteiger partial charge in [-0.3, -0.25) is 14.5 Å². The number of esters is 1. The van der Waals surface area contributed by atoms with Gasteiger partial charge >= 0.3 is 12.1 Å². The second-order valence-corrected chi connectivity index (χ2v) is 15.8. The lowest BCUT2D eigenvalue weighted by atomic mass is 9.95. The Balaban J connectivity index is 1.85. The van der Waals surface area contributed by atoms with Crippen molar-refractivity contribution in [2.75, 3.05) is 25.1 Å². The van der Waals surface area contributed by atoms with Gasteiger partial charge < -0.3 is 19.6 Å². The molecule has 1 fully saturated rings. The largest absolute Gasteiger partial charge is 0.466 e. The Hall–Kier alpha value is -2.46. The molecule has 2 atom stereocenters. The Labute approximate surface area is 207 Å². The number of halogens is 1. The average Bonchev–Trinajstić information content (AvgIpc) is 3.37. The maximum atomic E-state index is 14.9. The number of rotatable bonds is 7. The average molecular weight is 509 g/mol. The molecule has 0 spiro atoms. The Kier molecular flexibility index (Phi) is 7.66. The monoisotopic (exact) mass is 508 g/mol. The first-order valence-electron chi connectivity index (χ1n) is 12.2. The fraction of sp³-hybridized carbons (Fsp3) is 0.640. The predicted molar refractivity (Wildman–Crippen MR) is 132 cm³/mol. The molecular weight excluding hydrogens is 471 g/mol. The van der Waals surface area contributed by atoms with Gasteiger partial charge in [-0.1, -0.05) is 20.8 Å². The zero-order valence-corrected chi connectivity index (χ0v) is 22.5. The van der Waals surface area contributed by atoms with Crippen LogP contribution in [0.1, 0.15) is 51.7 Å². The summed E-state index contributed by atoms with van der Waals surface area (Å²) in [6.45, 7) is 12.5. The summed E-state index contributed by atoms with van der Waals surface area (Å²) in [4.78, 5) is 39.0. The lowest BCUT2D eigenvalue weighted by Crippen LogP contribution is -2.60. The van der Waals surface area contributed by atoms with Gasteiger partial charge in [0.25, 0.3) is 5.91 Å². The van der Waals surface area contributed by atoms with E-state index in [1.807, 2.05) is 0 Å². The summed E-state index contributed by atoms with van der Waals surface area (Å²) in [6.07, 6.45) is 0.244. The molecule has 0 bridgehead atoms. The molecule has 1 saturated heterocycles. The molecule has 2 N–H and O–H groups in total. The van der Waals surface area contributed by atoms with E-state index in [1.165, 1.54) is 6.07 Å². The van der Waals surface area contributed by atoms with Crippen LogP contribution in [0.4, 0.5) is 14.9 Å². The molecule has 3 rings (SSSR count). The van der Waals surface area contributed by atoms with Crippen molar-refractivity contribution in [1.82, 2.24) is 4.90 Å². The molecule has 10 heteroatoms. The van der Waals surface area contributed by atoms with Crippen LogP contribution in [0.2, 0.25) is 18.1 Å². The number of nitrogens with one attached hydrogen (secondary N) is 1. The van der Waals surface area contributed by atoms with Crippen LogP contribution in [-0.4, -0.2) is 61.6 Å². The van der Waals surface area contributed by atoms with E-state index in [4.69, 9.17) is 9.16 Å². The molecule has 8 nitrogen and oxygen atoms in total. The van der Waals surface area contributed by atoms with Gasteiger partial charge in [0, 0.05) is 12.2 Å². The number of fused-ring (bicyclic) bond motifs is 1. The standard InChI is InChI=1S/C25H37FN2O6Si/c1-7-33-21(29)17-11-16-12-18(14-20(26)19(16)13-17)27-22(30)25(9-8-10-28(25)23(31)32)15-34-35(5,6)24(2,3)4/h12,14,17H,7-11,13,15H2,1-6H3,(H,27,30)(H,31,32). The van der Waals surface area contributed by atoms with Crippen molar-refractivity contribution in [3.63, 3.8) is 0 Å². The van der Waals surface area contributed by atoms with E-state index < -0.39 is 37.6 Å². The maximum absolute atomic E-state index is 14.9. The zero-order valence-electron chi connectivity index (χ0n) is 21.5. The molecule has 1 aromatic carbocycles. The Morgan fingerprint density at radius 2 is 1.94 bits per heavy atom. The number of hydrogen-bond donors (Lipinski definition) is 2. The Bertz CT molecular complexity index is 1010. The molecule has 35 heavy (non-hydrogen) atoms. The molecule has 1 aliphatic heterocycles. The van der Waals surface area contributed by atoms with Crippen molar-refractivity contribution in [3.8, 4) is 0 Å². The molecule has 1 aromatic rings. The van der Waals surface area contributed by atoms with E-state index in [1.54, 1.807) is 13.0 Å². The number of hydrogen-bond acceptors (Lipinski definition) is 5. The van der Waals surface area contributed by atoms with E-state index in [-0.39, 0.29) is 42.9 Å². The molecule has 2 amide bonds. The number of anilines is 1. The van der Waals surface area contributed by atoms with Crippen molar-refractivity contribution < 1.29 is 33.0 Å². The summed E-state index contributed by atoms with van der Waals surface area (Å²) >= 11 is 0. The van der Waals surface area contributed by atoms with E-state index in [0.717, 1.165) is 4.90 Å². The number of carboxylic acid groups (broad SMARTS) is 1. The first-order chi connectivity index (χ1) is 16.2. The van der Waals surface area contributed by atoms with Gasteiger partial charge in [0.2, 0.25) is 0 Å². The molecule has 2 unspecified atom stereocenters. The third-order valence-corrected chi connectivity index (χ3v) is 12.2. The van der Waals surface area contributed by atoms with Crippen LogP contribution in [0.5, 0.6) is 0 Å². The van der Waals surface area contributed by atoms with E-state index in [0.29, 0.717) is 30.4 Å². The van der Waals surface area contributed by atoms with Crippen molar-refractivity contribution >= 4 is 32.0 Å². The van der Waals surface area contributed by atoms with Crippen LogP contribution in [0, 0.1) is 11.7 Å². The summed E-state index contributed by atoms with van der Waals surface area (Å²) < 4.78 is 26.3. The number of benzene rings is 1. The van der Waals surface area contributed by atoms with Crippen molar-refractivity contribution in [2.45, 2.75) is 77.0 Å². The van der Waals surface area contributed by atoms with Gasteiger partial charge in [-0.25, -0.2) is 9.18 Å². The summed E-state index contributed by atoms with van der Waals surface area (Å²) in [5.41, 5.74) is -0.0687. The molecule has 1 heterocycles. The highest BCUT2D eigenvalue weighted by atomic mass is 28.4. The van der Waals surface area contributed by atoms with Gasteiger partial charge in [-0.2, -0.15) is 0 Å². The fourth-order valence-electron chi connectivity index (χ4n) is 4.56. The summed E-state index contributed by atoms with van der Waals surface area (Å²) in [5.74, 6) is -1.85. The van der Waals surface area contributed by atoms with Crippen molar-refractivity contribution in [1.29, 1.82) is 0 Å². The van der Waals surface area contributed by atoms with Crippen LogP contribution in [0.3, 0.4) is 0 Å². The predicted octanol–water partition coefficient (Wildman–Crippen LogP) is 4.58. The van der Waals surface area contributed by atoms with Crippen molar-refractivity contribution in [2.24, 2.45) is 5.92 Å². The molecule has 0 radical (unpaired) electrons. The molecule has 0 saturated carbocycles. The zero-order chi connectivity index (χ0) is 26.2. The van der Waals surface area contributed by atoms with Gasteiger partial charge in [0.05, 0.1) is 19.1 Å². The molecule has 194 valence electrons. The normalized spacial score (nSPS) is 22.1. The first kappa shape index (κ1) is 27.1. The molecule has 0 aromatic heterocycles. The maximum Gasteiger partial charge on any atom is 0.408 e. The highest BCUT2D eigenvalue weighted by Gasteiger charge is 2.52. The number of amides is 2. The van der Waals surface area contributed by atoms with Gasteiger partial charge in [0.15, 0.2) is 8.32 Å². The van der Waals surface area contributed by atoms with E-state index in [2.05, 4.69) is 39.2 Å². The van der Waals surface area contributed by atoms with E-state index >= 15 is 0 Å². The molecular formula is C25H37FN2O6Si. The van der Waals surface area contributed by atoms with Crippen LogP contribution in [0.15, 0.2) is 12.1 Å². The summed E-state index contributed by atoms with van der Waals surface area (Å²) in [5, 5.41) is 12.5. The number of likely N-dealkylation sites (tertiary alicyclic amines) is 1. The minimum Gasteiger partial charge on any atom is -0.466 e. The van der Waals surface area contributed by atoms with Crippen molar-refractivity contribution in [3.05, 3.63) is 29.1 Å². The Morgan fingerprint density at radius 1 is 1.26 bits per heavy atom. The highest BCUT2D eigenvalue weighted by Crippen LogP contribution is 2.40. The number of carbonyl (C=O) groups is 3. The minimum absolute atomic E-state index is 0.0556.